The van der Waals surface area contributed by atoms with Gasteiger partial charge in [-0.15, -0.1) is 24.0 Å². The number of likely N-dealkylation sites (tertiary alicyclic amines) is 1. The number of amides is 1. The molecule has 7 heteroatoms. The van der Waals surface area contributed by atoms with Gasteiger partial charge in [-0.3, -0.25) is 9.79 Å². The fraction of sp³-hybridized carbons (Fsp3) is 0.600. The summed E-state index contributed by atoms with van der Waals surface area (Å²) in [5, 5.41) is 6.64. The number of aliphatic imine (C=N–C) groups is 1. The number of nitrogens with one attached hydrogen (secondary N) is 2. The summed E-state index contributed by atoms with van der Waals surface area (Å²) in [6.45, 7) is 6.06. The largest absolute Gasteiger partial charge is 0.357 e. The molecule has 1 aliphatic heterocycles. The van der Waals surface area contributed by atoms with Crippen molar-refractivity contribution in [1.29, 1.82) is 0 Å². The summed E-state index contributed by atoms with van der Waals surface area (Å²) >= 11 is 0. The number of carbonyl (C=O) groups is 1. The molecule has 27 heavy (non-hydrogen) atoms. The Morgan fingerprint density at radius 3 is 2.59 bits per heavy atom. The lowest BCUT2D eigenvalue weighted by Gasteiger charge is -2.18. The molecular formula is C20H30FIN4O. The highest BCUT2D eigenvalue weighted by Crippen LogP contribution is 2.48. The van der Waals surface area contributed by atoms with E-state index in [1.807, 2.05) is 24.0 Å². The van der Waals surface area contributed by atoms with Crippen LogP contribution in [-0.4, -0.2) is 49.5 Å². The number of carbonyl (C=O) groups excluding carboxylic acids is 1. The molecule has 1 saturated carbocycles. The Hall–Kier alpha value is -1.38. The Labute approximate surface area is 178 Å². The Balaban J connectivity index is 0.00000261. The molecule has 1 amide bonds. The summed E-state index contributed by atoms with van der Waals surface area (Å²) in [5.41, 5.74) is 1.24. The monoisotopic (exact) mass is 488 g/mol. The quantitative estimate of drug-likeness (QED) is 0.256. The number of halogens is 2. The van der Waals surface area contributed by atoms with E-state index in [0.29, 0.717) is 13.0 Å². The van der Waals surface area contributed by atoms with E-state index >= 15 is 0 Å². The molecule has 0 unspecified atom stereocenters. The van der Waals surface area contributed by atoms with Crippen molar-refractivity contribution < 1.29 is 9.18 Å². The maximum Gasteiger partial charge on any atom is 0.222 e. The molecule has 5 nitrogen and oxygen atoms in total. The number of guanidine groups is 1. The zero-order valence-electron chi connectivity index (χ0n) is 16.0. The molecule has 1 aromatic rings. The first kappa shape index (κ1) is 21.9. The first-order chi connectivity index (χ1) is 12.6. The molecule has 0 bridgehead atoms. The van der Waals surface area contributed by atoms with E-state index in [9.17, 15) is 9.18 Å². The van der Waals surface area contributed by atoms with Gasteiger partial charge >= 0.3 is 0 Å². The second-order valence-electron chi connectivity index (χ2n) is 7.25. The topological polar surface area (TPSA) is 56.7 Å². The van der Waals surface area contributed by atoms with Gasteiger partial charge in [-0.1, -0.05) is 12.1 Å². The van der Waals surface area contributed by atoms with Crippen molar-refractivity contribution in [2.75, 3.05) is 32.7 Å². The van der Waals surface area contributed by atoms with Crippen molar-refractivity contribution in [3.05, 3.63) is 35.6 Å². The van der Waals surface area contributed by atoms with Gasteiger partial charge in [0.1, 0.15) is 5.82 Å². The van der Waals surface area contributed by atoms with Crippen molar-refractivity contribution in [2.24, 2.45) is 4.99 Å². The van der Waals surface area contributed by atoms with Crippen LogP contribution in [0.1, 0.15) is 44.6 Å². The normalized spacial score (nSPS) is 18.2. The van der Waals surface area contributed by atoms with Gasteiger partial charge in [0.25, 0.3) is 0 Å². The van der Waals surface area contributed by atoms with Crippen LogP contribution in [0.15, 0.2) is 29.3 Å². The van der Waals surface area contributed by atoms with E-state index in [-0.39, 0.29) is 41.1 Å². The van der Waals surface area contributed by atoms with Crippen molar-refractivity contribution in [2.45, 2.75) is 44.4 Å². The van der Waals surface area contributed by atoms with Crippen LogP contribution in [0.2, 0.25) is 0 Å². The smallest absolute Gasteiger partial charge is 0.222 e. The lowest BCUT2D eigenvalue weighted by molar-refractivity contribution is -0.127. The van der Waals surface area contributed by atoms with Crippen LogP contribution in [0.3, 0.4) is 0 Å². The van der Waals surface area contributed by atoms with Crippen LogP contribution in [0.4, 0.5) is 4.39 Å². The van der Waals surface area contributed by atoms with E-state index in [1.54, 1.807) is 0 Å². The van der Waals surface area contributed by atoms with E-state index < -0.39 is 0 Å². The van der Waals surface area contributed by atoms with Gasteiger partial charge in [0.15, 0.2) is 5.96 Å². The van der Waals surface area contributed by atoms with Crippen molar-refractivity contribution in [1.82, 2.24) is 15.5 Å². The zero-order chi connectivity index (χ0) is 18.4. The van der Waals surface area contributed by atoms with Gasteiger partial charge < -0.3 is 15.5 Å². The minimum absolute atomic E-state index is 0. The molecule has 0 radical (unpaired) electrons. The Bertz CT molecular complexity index is 646. The van der Waals surface area contributed by atoms with Crippen LogP contribution in [0, 0.1) is 5.82 Å². The molecule has 2 fully saturated rings. The molecule has 0 atom stereocenters. The summed E-state index contributed by atoms with van der Waals surface area (Å²) in [4.78, 5) is 18.3. The molecular weight excluding hydrogens is 458 g/mol. The molecule has 0 spiro atoms. The van der Waals surface area contributed by atoms with Crippen LogP contribution >= 0.6 is 24.0 Å². The van der Waals surface area contributed by atoms with Crippen molar-refractivity contribution in [3.63, 3.8) is 0 Å². The average Bonchev–Trinajstić information content (AvgIpc) is 3.32. The summed E-state index contributed by atoms with van der Waals surface area (Å²) in [6.07, 6.45) is 4.79. The van der Waals surface area contributed by atoms with Crippen LogP contribution in [0.5, 0.6) is 0 Å². The van der Waals surface area contributed by atoms with Gasteiger partial charge in [0, 0.05) is 38.0 Å². The van der Waals surface area contributed by atoms with Crippen LogP contribution in [0.25, 0.3) is 0 Å². The number of hydrogen-bond donors (Lipinski definition) is 2. The second-order valence-corrected chi connectivity index (χ2v) is 7.25. The lowest BCUT2D eigenvalue weighted by atomic mass is 9.96. The summed E-state index contributed by atoms with van der Waals surface area (Å²) in [5.74, 6) is 0.897. The fourth-order valence-corrected chi connectivity index (χ4v) is 3.48. The molecule has 3 rings (SSSR count). The van der Waals surface area contributed by atoms with Gasteiger partial charge in [-0.25, -0.2) is 4.39 Å². The highest BCUT2D eigenvalue weighted by atomic mass is 127. The maximum atomic E-state index is 13.1. The predicted molar refractivity (Wildman–Crippen MR) is 117 cm³/mol. The zero-order valence-corrected chi connectivity index (χ0v) is 18.3. The third-order valence-electron chi connectivity index (χ3n) is 5.26. The fourth-order valence-electron chi connectivity index (χ4n) is 3.48. The maximum absolute atomic E-state index is 13.1. The van der Waals surface area contributed by atoms with E-state index in [0.717, 1.165) is 57.8 Å². The average molecular weight is 488 g/mol. The number of nitrogens with zero attached hydrogens (tertiary/aromatic N) is 2. The van der Waals surface area contributed by atoms with Gasteiger partial charge in [-0.05, 0) is 50.3 Å². The summed E-state index contributed by atoms with van der Waals surface area (Å²) in [7, 11) is 0. The van der Waals surface area contributed by atoms with Gasteiger partial charge in [-0.2, -0.15) is 0 Å². The van der Waals surface area contributed by atoms with Gasteiger partial charge in [0.2, 0.25) is 5.91 Å². The van der Waals surface area contributed by atoms with Crippen LogP contribution < -0.4 is 10.6 Å². The summed E-state index contributed by atoms with van der Waals surface area (Å²) in [6, 6.07) is 6.82. The second kappa shape index (κ2) is 10.2. The molecule has 1 aliphatic carbocycles. The van der Waals surface area contributed by atoms with Crippen LogP contribution in [-0.2, 0) is 10.2 Å². The number of benzene rings is 1. The minimum atomic E-state index is -0.195. The summed E-state index contributed by atoms with van der Waals surface area (Å²) < 4.78 is 13.1. The molecule has 150 valence electrons. The third-order valence-corrected chi connectivity index (χ3v) is 5.26. The molecule has 1 aromatic carbocycles. The standard InChI is InChI=1S/C20H29FN4O.HI/c1-2-22-19(23-12-4-14-25-13-3-5-18(25)26)24-15-20(10-11-20)16-6-8-17(21)9-7-16;/h6-9H,2-5,10-15H2,1H3,(H2,22,23,24);1H. The lowest BCUT2D eigenvalue weighted by Crippen LogP contribution is -2.39. The molecule has 1 heterocycles. The highest BCUT2D eigenvalue weighted by Gasteiger charge is 2.44. The predicted octanol–water partition coefficient (Wildman–Crippen LogP) is 3.04. The SMILES string of the molecule is CCNC(=NCC1(c2ccc(F)cc2)CC1)NCCCN1CCCC1=O.I. The molecule has 0 aromatic heterocycles. The Morgan fingerprint density at radius 1 is 1.26 bits per heavy atom. The van der Waals surface area contributed by atoms with E-state index in [2.05, 4.69) is 10.6 Å². The third kappa shape index (κ3) is 6.05. The number of rotatable bonds is 8. The Kier molecular flexibility index (Phi) is 8.31. The molecule has 2 N–H and O–H groups in total. The molecule has 2 aliphatic rings. The first-order valence-electron chi connectivity index (χ1n) is 9.69. The Morgan fingerprint density at radius 2 is 2.00 bits per heavy atom. The van der Waals surface area contributed by atoms with Gasteiger partial charge in [0.05, 0.1) is 6.54 Å². The number of hydrogen-bond acceptors (Lipinski definition) is 2. The molecule has 1 saturated heterocycles. The van der Waals surface area contributed by atoms with Crippen molar-refractivity contribution >= 4 is 35.8 Å². The van der Waals surface area contributed by atoms with Crippen molar-refractivity contribution in [3.8, 4) is 0 Å². The van der Waals surface area contributed by atoms with E-state index in [1.165, 1.54) is 17.7 Å². The van der Waals surface area contributed by atoms with E-state index in [4.69, 9.17) is 4.99 Å². The minimum Gasteiger partial charge on any atom is -0.357 e. The highest BCUT2D eigenvalue weighted by molar-refractivity contribution is 14.0. The first-order valence-corrected chi connectivity index (χ1v) is 9.69.